The zero-order valence-corrected chi connectivity index (χ0v) is 12.4. The Kier molecular flexibility index (Phi) is 17.9. The molecule has 0 N–H and O–H groups in total. The van der Waals surface area contributed by atoms with E-state index in [4.69, 9.17) is 13.2 Å². The van der Waals surface area contributed by atoms with Gasteiger partial charge < -0.3 is 0 Å². The summed E-state index contributed by atoms with van der Waals surface area (Å²) in [6.07, 6.45) is 0. The van der Waals surface area contributed by atoms with Gasteiger partial charge in [0.05, 0.1) is 0 Å². The van der Waals surface area contributed by atoms with E-state index in [1.54, 1.807) is 0 Å². The third-order valence-corrected chi connectivity index (χ3v) is 1.35. The van der Waals surface area contributed by atoms with E-state index < -0.39 is 0 Å². The van der Waals surface area contributed by atoms with Crippen LogP contribution in [-0.2, 0) is 17.9 Å². The molecule has 0 aliphatic rings. The summed E-state index contributed by atoms with van der Waals surface area (Å²) in [6.45, 7) is 25.1. The molecule has 0 atom stereocenters. The van der Waals surface area contributed by atoms with E-state index in [1.807, 2.05) is 27.7 Å². The molecular weight excluding hydrogens is 372 g/mol. The van der Waals surface area contributed by atoms with Crippen LogP contribution in [0, 0.1) is 13.2 Å². The topological polar surface area (TPSA) is 0 Å². The van der Waals surface area contributed by atoms with Gasteiger partial charge in [0, 0.05) is 0 Å². The van der Waals surface area contributed by atoms with Crippen molar-refractivity contribution in [2.45, 2.75) is 27.7 Å². The predicted octanol–water partition coefficient (Wildman–Crippen LogP) is 4.57. The van der Waals surface area contributed by atoms with Gasteiger partial charge in [-0.05, 0) is 0 Å². The molecule has 2 heteroatoms. The molecule has 14 heavy (non-hydrogen) atoms. The molecule has 0 amide bonds. The molecule has 82 valence electrons. The molecule has 0 rings (SSSR count). The van der Waals surface area contributed by atoms with E-state index >= 15 is 0 Å². The standard InChI is InChI=1S/2C6H9.ClH.Ir/c2*1-5(2)6(3)4;;/h2*1H,3H2,2,4H3;1H;/q2*-1;;+3/p-1. The Morgan fingerprint density at radius 1 is 0.857 bits per heavy atom. The van der Waals surface area contributed by atoms with Crippen molar-refractivity contribution in [2.24, 2.45) is 0 Å². The third-order valence-electron chi connectivity index (χ3n) is 1.35. The first-order chi connectivity index (χ1) is 6.29. The molecule has 0 aromatic rings. The fraction of sp³-hybridized carbons (Fsp3) is 0.333. The van der Waals surface area contributed by atoms with Crippen LogP contribution in [0.25, 0.3) is 0 Å². The molecule has 0 saturated heterocycles. The average Bonchev–Trinajstić information content (AvgIpc) is 2.08. The summed E-state index contributed by atoms with van der Waals surface area (Å²) >= 11 is 1.47. The quantitative estimate of drug-likeness (QED) is 0.479. The Morgan fingerprint density at radius 2 is 0.929 bits per heavy atom. The maximum atomic E-state index is 5.25. The third kappa shape index (κ3) is 22.7. The summed E-state index contributed by atoms with van der Waals surface area (Å²) in [5.74, 6) is 0. The fourth-order valence-corrected chi connectivity index (χ4v) is 0. The van der Waals surface area contributed by atoms with Gasteiger partial charge in [0.2, 0.25) is 0 Å². The van der Waals surface area contributed by atoms with Crippen LogP contribution in [0.3, 0.4) is 0 Å². The van der Waals surface area contributed by atoms with Gasteiger partial charge in [0.25, 0.3) is 0 Å². The van der Waals surface area contributed by atoms with Gasteiger partial charge in [-0.25, -0.2) is 22.3 Å². The second-order valence-electron chi connectivity index (χ2n) is 2.93. The van der Waals surface area contributed by atoms with Gasteiger partial charge in [-0.2, -0.15) is 13.2 Å². The van der Waals surface area contributed by atoms with Crippen molar-refractivity contribution in [3.05, 3.63) is 48.6 Å². The predicted molar refractivity (Wildman–Crippen MR) is 62.5 cm³/mol. The van der Waals surface area contributed by atoms with Gasteiger partial charge in [-0.1, -0.05) is 13.8 Å². The number of rotatable bonds is 2. The van der Waals surface area contributed by atoms with Crippen molar-refractivity contribution in [3.8, 4) is 0 Å². The number of allylic oxidation sites excluding steroid dienone is 4. The van der Waals surface area contributed by atoms with Crippen LogP contribution in [0.5, 0.6) is 0 Å². The van der Waals surface area contributed by atoms with Gasteiger partial charge in [-0.3, -0.25) is 13.2 Å². The van der Waals surface area contributed by atoms with Crippen LogP contribution in [0.1, 0.15) is 27.7 Å². The molecule has 0 aromatic heterocycles. The average molecular weight is 390 g/mol. The van der Waals surface area contributed by atoms with Crippen molar-refractivity contribution in [3.63, 3.8) is 0 Å². The summed E-state index contributed by atoms with van der Waals surface area (Å²) in [5, 5.41) is 0. The van der Waals surface area contributed by atoms with Crippen LogP contribution in [0.2, 0.25) is 0 Å². The summed E-state index contributed by atoms with van der Waals surface area (Å²) in [4.78, 5) is 0. The van der Waals surface area contributed by atoms with Crippen LogP contribution < -0.4 is 0 Å². The number of hydrogen-bond donors (Lipinski definition) is 0. The van der Waals surface area contributed by atoms with E-state index in [2.05, 4.69) is 22.7 Å². The second-order valence-corrected chi connectivity index (χ2v) is 2.93. The Hall–Kier alpha value is -0.101. The van der Waals surface area contributed by atoms with Gasteiger partial charge in [-0.15, -0.1) is 13.8 Å². The minimum atomic E-state index is 0.815. The van der Waals surface area contributed by atoms with E-state index in [1.165, 1.54) is 17.9 Å². The molecule has 0 aliphatic heterocycles. The molecule has 0 heterocycles. The normalized spacial score (nSPS) is 7.00. The molecule has 0 bridgehead atoms. The van der Waals surface area contributed by atoms with Crippen molar-refractivity contribution >= 4 is 9.58 Å². The van der Waals surface area contributed by atoms with Gasteiger partial charge in [0.15, 0.2) is 0 Å². The Labute approximate surface area is 104 Å². The fourth-order valence-electron chi connectivity index (χ4n) is 0. The first kappa shape index (κ1) is 19.5. The van der Waals surface area contributed by atoms with E-state index in [-0.39, 0.29) is 0 Å². The maximum absolute atomic E-state index is 5.25. The van der Waals surface area contributed by atoms with Gasteiger partial charge in [0.1, 0.15) is 0 Å². The molecule has 0 nitrogen and oxygen atoms in total. The van der Waals surface area contributed by atoms with Gasteiger partial charge >= 0.3 is 27.5 Å². The second kappa shape index (κ2) is 12.9. The monoisotopic (exact) mass is 390 g/mol. The number of hydrogen-bond acceptors (Lipinski definition) is 0. The SMILES string of the molecule is [CH-]=C(C)C(=C)C.[CH-]=C(C)C(=C)C.[Cl][Ir+2]. The van der Waals surface area contributed by atoms with Crippen molar-refractivity contribution in [1.82, 2.24) is 0 Å². The first-order valence-corrected chi connectivity index (χ1v) is 6.88. The van der Waals surface area contributed by atoms with E-state index in [9.17, 15) is 0 Å². The Bertz CT molecular complexity index is 166. The number of halogens is 1. The first-order valence-electron chi connectivity index (χ1n) is 3.91. The summed E-state index contributed by atoms with van der Waals surface area (Å²) < 4.78 is 0. The molecule has 0 unspecified atom stereocenters. The molecule has 0 spiro atoms. The molecule has 0 saturated carbocycles. The van der Waals surface area contributed by atoms with Crippen molar-refractivity contribution in [2.75, 3.05) is 0 Å². The molecule has 0 radical (unpaired) electrons. The molecule has 0 fully saturated rings. The Morgan fingerprint density at radius 3 is 0.929 bits per heavy atom. The van der Waals surface area contributed by atoms with Crippen LogP contribution in [-0.4, -0.2) is 0 Å². The molecule has 0 aliphatic carbocycles. The van der Waals surface area contributed by atoms with Crippen molar-refractivity contribution in [1.29, 1.82) is 0 Å². The van der Waals surface area contributed by atoms with E-state index in [0.717, 1.165) is 22.3 Å². The minimum absolute atomic E-state index is 0.815. The van der Waals surface area contributed by atoms with Crippen LogP contribution in [0.4, 0.5) is 0 Å². The van der Waals surface area contributed by atoms with Crippen LogP contribution >= 0.6 is 9.58 Å². The van der Waals surface area contributed by atoms with Crippen LogP contribution in [0.15, 0.2) is 35.5 Å². The summed E-state index contributed by atoms with van der Waals surface area (Å²) in [7, 11) is 4.64. The molecule has 0 aromatic carbocycles. The summed E-state index contributed by atoms with van der Waals surface area (Å²) in [6, 6.07) is 0. The molecular formula is C12H18ClIr. The van der Waals surface area contributed by atoms with E-state index in [0.29, 0.717) is 0 Å². The summed E-state index contributed by atoms with van der Waals surface area (Å²) in [5.41, 5.74) is 3.54. The zero-order valence-electron chi connectivity index (χ0n) is 9.28. The van der Waals surface area contributed by atoms with Crippen molar-refractivity contribution < 1.29 is 17.9 Å². The Balaban J connectivity index is -0.000000147. The zero-order chi connectivity index (χ0) is 12.3.